The van der Waals surface area contributed by atoms with Gasteiger partial charge < -0.3 is 9.80 Å². The van der Waals surface area contributed by atoms with E-state index in [0.717, 1.165) is 54.8 Å². The van der Waals surface area contributed by atoms with Gasteiger partial charge in [-0.1, -0.05) is 42.5 Å². The zero-order chi connectivity index (χ0) is 22.7. The molecule has 0 spiro atoms. The first-order valence-corrected chi connectivity index (χ1v) is 12.2. The monoisotopic (exact) mass is 448 g/mol. The van der Waals surface area contributed by atoms with Gasteiger partial charge in [0, 0.05) is 37.3 Å². The molecule has 0 unspecified atom stereocenters. The Labute approximate surface area is 200 Å². The van der Waals surface area contributed by atoms with E-state index in [1.807, 2.05) is 18.2 Å². The van der Waals surface area contributed by atoms with E-state index in [0.29, 0.717) is 0 Å². The number of aryl methyl sites for hydroxylation is 2. The van der Waals surface area contributed by atoms with Crippen molar-refractivity contribution in [3.05, 3.63) is 83.9 Å². The molecule has 2 aliphatic rings. The van der Waals surface area contributed by atoms with Crippen LogP contribution >= 0.6 is 0 Å². The first-order chi connectivity index (χ1) is 16.8. The zero-order valence-electron chi connectivity index (χ0n) is 19.3. The number of rotatable bonds is 4. The summed E-state index contributed by atoms with van der Waals surface area (Å²) in [5.74, 6) is 1.86. The van der Waals surface area contributed by atoms with E-state index in [-0.39, 0.29) is 0 Å². The Balaban J connectivity index is 1.09. The summed E-state index contributed by atoms with van der Waals surface area (Å²) in [6, 6.07) is 25.3. The van der Waals surface area contributed by atoms with Crippen LogP contribution in [0.25, 0.3) is 22.5 Å². The van der Waals surface area contributed by atoms with Gasteiger partial charge in [0.1, 0.15) is 0 Å². The Bertz CT molecular complexity index is 1250. The highest BCUT2D eigenvalue weighted by Gasteiger charge is 2.20. The summed E-state index contributed by atoms with van der Waals surface area (Å²) in [6.07, 6.45) is 4.97. The van der Waals surface area contributed by atoms with Gasteiger partial charge in [0.2, 0.25) is 0 Å². The maximum Gasteiger partial charge on any atom is 0.151 e. The third-order valence-electron chi connectivity index (χ3n) is 6.94. The molecule has 1 saturated heterocycles. The summed E-state index contributed by atoms with van der Waals surface area (Å²) in [6.45, 7) is 3.53. The molecule has 0 saturated carbocycles. The van der Waals surface area contributed by atoms with Crippen molar-refractivity contribution in [1.82, 2.24) is 20.4 Å². The minimum absolute atomic E-state index is 0.883. The molecule has 6 rings (SSSR count). The highest BCUT2D eigenvalue weighted by atomic mass is 15.3. The number of hydrogen-bond donors (Lipinski definition) is 0. The van der Waals surface area contributed by atoms with Gasteiger partial charge in [0.05, 0.1) is 11.4 Å². The molecule has 2 aromatic carbocycles. The summed E-state index contributed by atoms with van der Waals surface area (Å²) in [4.78, 5) is 4.58. The number of aromatic nitrogens is 4. The molecule has 2 aromatic heterocycles. The second-order valence-electron chi connectivity index (χ2n) is 9.08. The molecule has 1 aliphatic carbocycles. The molecule has 0 amide bonds. The van der Waals surface area contributed by atoms with Crippen LogP contribution in [0, 0.1) is 0 Å². The first-order valence-electron chi connectivity index (χ1n) is 12.2. The second kappa shape index (κ2) is 9.21. The van der Waals surface area contributed by atoms with Crippen LogP contribution in [-0.4, -0.2) is 46.6 Å². The number of nitrogens with zero attached hydrogens (tertiary/aromatic N) is 6. The van der Waals surface area contributed by atoms with Gasteiger partial charge in [-0.05, 0) is 67.1 Å². The van der Waals surface area contributed by atoms with Gasteiger partial charge in [0.25, 0.3) is 0 Å². The Morgan fingerprint density at radius 3 is 1.68 bits per heavy atom. The fourth-order valence-electron chi connectivity index (χ4n) is 4.96. The standard InChI is InChI=1S/C28H28N6/c1-2-7-22(8-3-1)25-12-14-27(31-29-25)33-16-18-34(19-17-33)28-15-13-26(30-32-28)24-11-10-21-6-4-5-9-23(21)20-24/h1-3,7-8,10-15,20H,4-6,9,16-19H2. The molecule has 4 aromatic rings. The quantitative estimate of drug-likeness (QED) is 0.447. The molecule has 34 heavy (non-hydrogen) atoms. The lowest BCUT2D eigenvalue weighted by Gasteiger charge is -2.35. The minimum atomic E-state index is 0.883. The number of hydrogen-bond acceptors (Lipinski definition) is 6. The third-order valence-corrected chi connectivity index (χ3v) is 6.94. The van der Waals surface area contributed by atoms with E-state index >= 15 is 0 Å². The maximum absolute atomic E-state index is 4.56. The lowest BCUT2D eigenvalue weighted by Crippen LogP contribution is -2.47. The molecule has 0 atom stereocenters. The smallest absolute Gasteiger partial charge is 0.151 e. The van der Waals surface area contributed by atoms with Crippen LogP contribution in [0.5, 0.6) is 0 Å². The summed E-state index contributed by atoms with van der Waals surface area (Å²) in [5, 5.41) is 18.0. The largest absolute Gasteiger partial charge is 0.352 e. The summed E-state index contributed by atoms with van der Waals surface area (Å²) >= 11 is 0. The van der Waals surface area contributed by atoms with E-state index in [2.05, 4.69) is 84.8 Å². The number of fused-ring (bicyclic) bond motifs is 1. The van der Waals surface area contributed by atoms with Crippen LogP contribution in [-0.2, 0) is 12.8 Å². The summed E-state index contributed by atoms with van der Waals surface area (Å²) in [5.41, 5.74) is 7.08. The highest BCUT2D eigenvalue weighted by molar-refractivity contribution is 5.62. The Morgan fingerprint density at radius 1 is 0.500 bits per heavy atom. The van der Waals surface area contributed by atoms with Crippen molar-refractivity contribution in [3.63, 3.8) is 0 Å². The predicted octanol–water partition coefficient (Wildman–Crippen LogP) is 4.81. The molecule has 1 aliphatic heterocycles. The molecule has 1 fully saturated rings. The van der Waals surface area contributed by atoms with Crippen molar-refractivity contribution in [1.29, 1.82) is 0 Å². The van der Waals surface area contributed by atoms with Crippen molar-refractivity contribution in [3.8, 4) is 22.5 Å². The summed E-state index contributed by atoms with van der Waals surface area (Å²) in [7, 11) is 0. The van der Waals surface area contributed by atoms with E-state index in [1.54, 1.807) is 0 Å². The molecule has 6 nitrogen and oxygen atoms in total. The molecular formula is C28H28N6. The SMILES string of the molecule is c1ccc(-c2ccc(N3CCN(c4ccc(-c5ccc6c(c5)CCCC6)nn4)CC3)nn2)cc1. The van der Waals surface area contributed by atoms with Crippen LogP contribution in [0.2, 0.25) is 0 Å². The molecule has 3 heterocycles. The molecule has 6 heteroatoms. The van der Waals surface area contributed by atoms with E-state index in [9.17, 15) is 0 Å². The van der Waals surface area contributed by atoms with E-state index in [4.69, 9.17) is 0 Å². The molecule has 0 radical (unpaired) electrons. The Kier molecular flexibility index (Phi) is 5.63. The third kappa shape index (κ3) is 4.23. The van der Waals surface area contributed by atoms with Crippen LogP contribution < -0.4 is 9.80 Å². The van der Waals surface area contributed by atoms with Gasteiger partial charge in [-0.15, -0.1) is 20.4 Å². The van der Waals surface area contributed by atoms with Crippen LogP contribution in [0.4, 0.5) is 11.6 Å². The lowest BCUT2D eigenvalue weighted by atomic mass is 9.90. The zero-order valence-corrected chi connectivity index (χ0v) is 19.3. The topological polar surface area (TPSA) is 58.0 Å². The van der Waals surface area contributed by atoms with Gasteiger partial charge in [0.15, 0.2) is 11.6 Å². The van der Waals surface area contributed by atoms with Crippen LogP contribution in [0.15, 0.2) is 72.8 Å². The van der Waals surface area contributed by atoms with Gasteiger partial charge in [-0.2, -0.15) is 0 Å². The average Bonchev–Trinajstić information content (AvgIpc) is 2.94. The average molecular weight is 449 g/mol. The Hall–Kier alpha value is -3.80. The van der Waals surface area contributed by atoms with Gasteiger partial charge >= 0.3 is 0 Å². The van der Waals surface area contributed by atoms with Crippen LogP contribution in [0.1, 0.15) is 24.0 Å². The second-order valence-corrected chi connectivity index (χ2v) is 9.08. The van der Waals surface area contributed by atoms with Crippen molar-refractivity contribution in [2.75, 3.05) is 36.0 Å². The molecule has 170 valence electrons. The lowest BCUT2D eigenvalue weighted by molar-refractivity contribution is 0.635. The fourth-order valence-corrected chi connectivity index (χ4v) is 4.96. The Morgan fingerprint density at radius 2 is 1.09 bits per heavy atom. The number of benzene rings is 2. The maximum atomic E-state index is 4.56. The van der Waals surface area contributed by atoms with Crippen molar-refractivity contribution >= 4 is 11.6 Å². The fraction of sp³-hybridized carbons (Fsp3) is 0.286. The first kappa shape index (κ1) is 20.8. The van der Waals surface area contributed by atoms with Crippen molar-refractivity contribution in [2.24, 2.45) is 0 Å². The number of anilines is 2. The van der Waals surface area contributed by atoms with Gasteiger partial charge in [-0.3, -0.25) is 0 Å². The van der Waals surface area contributed by atoms with Crippen LogP contribution in [0.3, 0.4) is 0 Å². The molecular weight excluding hydrogens is 420 g/mol. The molecule has 0 N–H and O–H groups in total. The normalized spacial score (nSPS) is 15.8. The van der Waals surface area contributed by atoms with E-state index < -0.39 is 0 Å². The van der Waals surface area contributed by atoms with Gasteiger partial charge in [-0.25, -0.2) is 0 Å². The van der Waals surface area contributed by atoms with E-state index in [1.165, 1.54) is 42.4 Å². The molecule has 0 bridgehead atoms. The summed E-state index contributed by atoms with van der Waals surface area (Å²) < 4.78 is 0. The number of piperazine rings is 1. The minimum Gasteiger partial charge on any atom is -0.352 e. The van der Waals surface area contributed by atoms with Crippen molar-refractivity contribution < 1.29 is 0 Å². The van der Waals surface area contributed by atoms with Crippen molar-refractivity contribution in [2.45, 2.75) is 25.7 Å². The predicted molar refractivity (Wildman–Crippen MR) is 136 cm³/mol. The highest BCUT2D eigenvalue weighted by Crippen LogP contribution is 2.27.